The van der Waals surface area contributed by atoms with E-state index in [4.69, 9.17) is 11.6 Å². The number of halogens is 1. The Morgan fingerprint density at radius 3 is 2.57 bits per heavy atom. The first-order chi connectivity index (χ1) is 14.5. The Hall–Kier alpha value is -3.12. The van der Waals surface area contributed by atoms with Crippen LogP contribution in [0.2, 0.25) is 5.02 Å². The van der Waals surface area contributed by atoms with Gasteiger partial charge in [-0.15, -0.1) is 0 Å². The highest BCUT2D eigenvalue weighted by Crippen LogP contribution is 2.44. The van der Waals surface area contributed by atoms with E-state index in [-0.39, 0.29) is 18.4 Å². The zero-order valence-electron chi connectivity index (χ0n) is 16.5. The lowest BCUT2D eigenvalue weighted by Gasteiger charge is -2.40. The average Bonchev–Trinajstić information content (AvgIpc) is 3.20. The summed E-state index contributed by atoms with van der Waals surface area (Å²) >= 11 is 6.00. The van der Waals surface area contributed by atoms with Gasteiger partial charge in [0.1, 0.15) is 6.54 Å². The molecule has 1 aliphatic carbocycles. The Balaban J connectivity index is 1.37. The third-order valence-electron chi connectivity index (χ3n) is 5.57. The third-order valence-corrected chi connectivity index (χ3v) is 5.82. The summed E-state index contributed by atoms with van der Waals surface area (Å²) in [6, 6.07) is 16.8. The van der Waals surface area contributed by atoms with Gasteiger partial charge in [0, 0.05) is 29.6 Å². The van der Waals surface area contributed by atoms with Crippen LogP contribution in [0.15, 0.2) is 67.0 Å². The minimum atomic E-state index is -0.472. The molecule has 0 saturated heterocycles. The summed E-state index contributed by atoms with van der Waals surface area (Å²) in [7, 11) is 0. The number of hydrogen-bond acceptors (Lipinski definition) is 3. The molecule has 2 N–H and O–H groups in total. The van der Waals surface area contributed by atoms with Crippen LogP contribution in [0.25, 0.3) is 0 Å². The number of amides is 2. The molecule has 0 bridgehead atoms. The van der Waals surface area contributed by atoms with Crippen molar-refractivity contribution in [3.05, 3.63) is 83.1 Å². The molecule has 0 unspecified atom stereocenters. The van der Waals surface area contributed by atoms with Crippen LogP contribution in [0.4, 0.5) is 5.69 Å². The van der Waals surface area contributed by atoms with Gasteiger partial charge in [-0.2, -0.15) is 5.10 Å². The van der Waals surface area contributed by atoms with Crippen LogP contribution in [0.5, 0.6) is 0 Å². The SMILES string of the molecule is O=C(Cn1cccn1)Nc1cccc(CNC(=O)C2(c3ccc(Cl)cc3)CCC2)c1. The van der Waals surface area contributed by atoms with Crippen LogP contribution in [-0.2, 0) is 28.1 Å². The smallest absolute Gasteiger partial charge is 0.246 e. The van der Waals surface area contributed by atoms with Gasteiger partial charge in [-0.3, -0.25) is 14.3 Å². The van der Waals surface area contributed by atoms with E-state index < -0.39 is 5.41 Å². The Labute approximate surface area is 180 Å². The minimum absolute atomic E-state index is 0.0317. The molecule has 0 aliphatic heterocycles. The zero-order chi connectivity index (χ0) is 21.0. The predicted molar refractivity (Wildman–Crippen MR) is 116 cm³/mol. The van der Waals surface area contributed by atoms with E-state index in [1.807, 2.05) is 48.5 Å². The van der Waals surface area contributed by atoms with E-state index in [9.17, 15) is 9.59 Å². The molecule has 7 heteroatoms. The zero-order valence-corrected chi connectivity index (χ0v) is 17.2. The van der Waals surface area contributed by atoms with Gasteiger partial charge in [0.05, 0.1) is 5.41 Å². The number of anilines is 1. The lowest BCUT2D eigenvalue weighted by atomic mass is 9.64. The van der Waals surface area contributed by atoms with Gasteiger partial charge in [-0.05, 0) is 54.3 Å². The summed E-state index contributed by atoms with van der Waals surface area (Å²) in [4.78, 5) is 25.2. The van der Waals surface area contributed by atoms with Crippen LogP contribution in [0, 0.1) is 0 Å². The van der Waals surface area contributed by atoms with Crippen molar-refractivity contribution >= 4 is 29.1 Å². The van der Waals surface area contributed by atoms with Crippen LogP contribution in [0.3, 0.4) is 0 Å². The number of benzene rings is 2. The molecule has 3 aromatic rings. The van der Waals surface area contributed by atoms with E-state index in [0.717, 1.165) is 30.4 Å². The molecule has 1 aromatic heterocycles. The summed E-state index contributed by atoms with van der Waals surface area (Å²) in [5.41, 5.74) is 2.15. The van der Waals surface area contributed by atoms with Crippen LogP contribution in [-0.4, -0.2) is 21.6 Å². The molecule has 4 rings (SSSR count). The molecular weight excluding hydrogens is 400 g/mol. The van der Waals surface area contributed by atoms with E-state index in [1.165, 1.54) is 0 Å². The molecule has 6 nitrogen and oxygen atoms in total. The Morgan fingerprint density at radius 2 is 1.90 bits per heavy atom. The van der Waals surface area contributed by atoms with Crippen molar-refractivity contribution in [3.63, 3.8) is 0 Å². The second-order valence-electron chi connectivity index (χ2n) is 7.58. The van der Waals surface area contributed by atoms with Crippen molar-refractivity contribution in [2.24, 2.45) is 0 Å². The highest BCUT2D eigenvalue weighted by molar-refractivity contribution is 6.30. The molecular formula is C23H23ClN4O2. The van der Waals surface area contributed by atoms with Gasteiger partial charge in [-0.25, -0.2) is 0 Å². The first-order valence-corrected chi connectivity index (χ1v) is 10.3. The maximum atomic E-state index is 13.0. The summed E-state index contributed by atoms with van der Waals surface area (Å²) in [5, 5.41) is 10.6. The van der Waals surface area contributed by atoms with Gasteiger partial charge >= 0.3 is 0 Å². The first kappa shape index (κ1) is 20.2. The molecule has 2 amide bonds. The molecule has 1 fully saturated rings. The molecule has 30 heavy (non-hydrogen) atoms. The summed E-state index contributed by atoms with van der Waals surface area (Å²) in [6.45, 7) is 0.550. The molecule has 0 radical (unpaired) electrons. The van der Waals surface area contributed by atoms with E-state index >= 15 is 0 Å². The third kappa shape index (κ3) is 4.39. The predicted octanol–water partition coefficient (Wildman–Crippen LogP) is 3.91. The highest BCUT2D eigenvalue weighted by Gasteiger charge is 2.45. The van der Waals surface area contributed by atoms with E-state index in [1.54, 1.807) is 23.1 Å². The molecule has 2 aromatic carbocycles. The maximum absolute atomic E-state index is 13.0. The Kier molecular flexibility index (Phi) is 5.86. The molecule has 1 aliphatic rings. The van der Waals surface area contributed by atoms with Crippen molar-refractivity contribution in [1.29, 1.82) is 0 Å². The van der Waals surface area contributed by atoms with Gasteiger partial charge < -0.3 is 10.6 Å². The number of hydrogen-bond donors (Lipinski definition) is 2. The number of carbonyl (C=O) groups excluding carboxylic acids is 2. The van der Waals surface area contributed by atoms with Gasteiger partial charge in [-0.1, -0.05) is 42.3 Å². The molecule has 1 heterocycles. The summed E-state index contributed by atoms with van der Waals surface area (Å²) in [6.07, 6.45) is 6.08. The summed E-state index contributed by atoms with van der Waals surface area (Å²) < 4.78 is 1.56. The fourth-order valence-corrected chi connectivity index (χ4v) is 3.92. The number of carbonyl (C=O) groups is 2. The highest BCUT2D eigenvalue weighted by atomic mass is 35.5. The standard InChI is InChI=1S/C23H23ClN4O2/c24-19-8-6-18(7-9-19)23(10-2-11-23)22(30)25-15-17-4-1-5-20(14-17)27-21(29)16-28-13-3-12-26-28/h1,3-9,12-14H,2,10-11,15-16H2,(H,25,30)(H,27,29). The molecule has 0 spiro atoms. The van der Waals surface area contributed by atoms with Crippen molar-refractivity contribution in [1.82, 2.24) is 15.1 Å². The molecule has 0 atom stereocenters. The van der Waals surface area contributed by atoms with E-state index in [0.29, 0.717) is 17.3 Å². The number of rotatable bonds is 7. The Morgan fingerprint density at radius 1 is 1.10 bits per heavy atom. The van der Waals surface area contributed by atoms with Gasteiger partial charge in [0.25, 0.3) is 0 Å². The van der Waals surface area contributed by atoms with Crippen molar-refractivity contribution in [2.75, 3.05) is 5.32 Å². The number of nitrogens with one attached hydrogen (secondary N) is 2. The lowest BCUT2D eigenvalue weighted by Crippen LogP contribution is -2.48. The maximum Gasteiger partial charge on any atom is 0.246 e. The largest absolute Gasteiger partial charge is 0.351 e. The second-order valence-corrected chi connectivity index (χ2v) is 8.01. The van der Waals surface area contributed by atoms with Gasteiger partial charge in [0.2, 0.25) is 11.8 Å². The van der Waals surface area contributed by atoms with Crippen molar-refractivity contribution in [2.45, 2.75) is 37.8 Å². The van der Waals surface area contributed by atoms with E-state index in [2.05, 4.69) is 15.7 Å². The first-order valence-electron chi connectivity index (χ1n) is 9.96. The summed E-state index contributed by atoms with van der Waals surface area (Å²) in [5.74, 6) is -0.125. The van der Waals surface area contributed by atoms with Crippen molar-refractivity contribution in [3.8, 4) is 0 Å². The molecule has 154 valence electrons. The fourth-order valence-electron chi connectivity index (χ4n) is 3.80. The fraction of sp³-hybridized carbons (Fsp3) is 0.261. The number of nitrogens with zero attached hydrogens (tertiary/aromatic N) is 2. The lowest BCUT2D eigenvalue weighted by molar-refractivity contribution is -0.130. The van der Waals surface area contributed by atoms with Gasteiger partial charge in [0.15, 0.2) is 0 Å². The second kappa shape index (κ2) is 8.71. The van der Waals surface area contributed by atoms with Crippen LogP contribution < -0.4 is 10.6 Å². The molecule has 1 saturated carbocycles. The number of aromatic nitrogens is 2. The van der Waals surface area contributed by atoms with Crippen LogP contribution in [0.1, 0.15) is 30.4 Å². The minimum Gasteiger partial charge on any atom is -0.351 e. The monoisotopic (exact) mass is 422 g/mol. The quantitative estimate of drug-likeness (QED) is 0.606. The Bertz CT molecular complexity index is 1030. The normalized spacial score (nSPS) is 14.6. The topological polar surface area (TPSA) is 76.0 Å². The van der Waals surface area contributed by atoms with Crippen molar-refractivity contribution < 1.29 is 9.59 Å². The average molecular weight is 423 g/mol. The van der Waals surface area contributed by atoms with Crippen LogP contribution >= 0.6 is 11.6 Å².